The van der Waals surface area contributed by atoms with E-state index in [1.807, 2.05) is 6.07 Å². The van der Waals surface area contributed by atoms with Gasteiger partial charge in [-0.1, -0.05) is 28.9 Å². The third kappa shape index (κ3) is 2.94. The van der Waals surface area contributed by atoms with E-state index in [2.05, 4.69) is 40.0 Å². The van der Waals surface area contributed by atoms with Crippen LogP contribution in [-0.2, 0) is 17.8 Å². The maximum absolute atomic E-state index is 10.8. The third-order valence-electron chi connectivity index (χ3n) is 3.93. The number of hydrogen-bond acceptors (Lipinski definition) is 3. The lowest BCUT2D eigenvalue weighted by molar-refractivity contribution is -0.0520. The fraction of sp³-hybridized carbons (Fsp3) is 0.375. The highest BCUT2D eigenvalue weighted by atomic mass is 79.9. The molecule has 0 atom stereocenters. The minimum atomic E-state index is -0.885. The van der Waals surface area contributed by atoms with E-state index in [-0.39, 0.29) is 6.10 Å². The number of nitrogens with zero attached hydrogens (tertiary/aromatic N) is 2. The van der Waals surface area contributed by atoms with E-state index in [9.17, 15) is 4.79 Å². The second kappa shape index (κ2) is 6.22. The number of benzene rings is 1. The van der Waals surface area contributed by atoms with Crippen molar-refractivity contribution in [2.24, 2.45) is 0 Å². The molecule has 6 heteroatoms. The van der Waals surface area contributed by atoms with Gasteiger partial charge in [-0.25, -0.2) is 4.79 Å². The summed E-state index contributed by atoms with van der Waals surface area (Å²) in [5.74, 6) is 0. The number of aromatic nitrogens is 1. The lowest BCUT2D eigenvalue weighted by atomic mass is 10.0. The standard InChI is InChI=1S/C16H17BrN2O3/c1-2-10-5-11(9-22-12-7-19(8-12)16(20)21)15-13(6-10)14(17)3-4-18-15/h3-6,12H,2,7-9H2,1H3,(H,20,21). The summed E-state index contributed by atoms with van der Waals surface area (Å²) in [4.78, 5) is 16.6. The number of likely N-dealkylation sites (tertiary alicyclic amines) is 1. The Morgan fingerprint density at radius 1 is 1.50 bits per heavy atom. The first kappa shape index (κ1) is 15.2. The number of ether oxygens (including phenoxy) is 1. The van der Waals surface area contributed by atoms with Crippen LogP contribution in [0, 0.1) is 0 Å². The van der Waals surface area contributed by atoms with Crippen LogP contribution in [0.1, 0.15) is 18.1 Å². The Labute approximate surface area is 137 Å². The molecule has 5 nitrogen and oxygen atoms in total. The first-order valence-corrected chi connectivity index (χ1v) is 8.03. The molecule has 1 aromatic heterocycles. The van der Waals surface area contributed by atoms with Crippen LogP contribution < -0.4 is 0 Å². The highest BCUT2D eigenvalue weighted by Gasteiger charge is 2.31. The number of amides is 1. The Morgan fingerprint density at radius 2 is 2.27 bits per heavy atom. The zero-order valence-electron chi connectivity index (χ0n) is 12.3. The summed E-state index contributed by atoms with van der Waals surface area (Å²) in [6, 6.07) is 6.20. The van der Waals surface area contributed by atoms with Crippen molar-refractivity contribution in [3.63, 3.8) is 0 Å². The van der Waals surface area contributed by atoms with Crippen molar-refractivity contribution in [1.29, 1.82) is 0 Å². The molecular weight excluding hydrogens is 348 g/mol. The van der Waals surface area contributed by atoms with Gasteiger partial charge in [0.05, 0.1) is 31.3 Å². The summed E-state index contributed by atoms with van der Waals surface area (Å²) in [6.07, 6.45) is 1.81. The van der Waals surface area contributed by atoms with E-state index >= 15 is 0 Å². The Hall–Kier alpha value is -1.66. The van der Waals surface area contributed by atoms with E-state index in [1.54, 1.807) is 6.20 Å². The largest absolute Gasteiger partial charge is 0.465 e. The monoisotopic (exact) mass is 364 g/mol. The third-order valence-corrected chi connectivity index (χ3v) is 4.62. The molecule has 0 aliphatic carbocycles. The number of rotatable bonds is 4. The molecule has 0 spiro atoms. The van der Waals surface area contributed by atoms with Crippen molar-refractivity contribution in [3.05, 3.63) is 40.0 Å². The highest BCUT2D eigenvalue weighted by molar-refractivity contribution is 9.10. The van der Waals surface area contributed by atoms with Crippen LogP contribution in [0.3, 0.4) is 0 Å². The topological polar surface area (TPSA) is 62.7 Å². The van der Waals surface area contributed by atoms with Crippen molar-refractivity contribution in [2.75, 3.05) is 13.1 Å². The molecule has 0 unspecified atom stereocenters. The highest BCUT2D eigenvalue weighted by Crippen LogP contribution is 2.27. The summed E-state index contributed by atoms with van der Waals surface area (Å²) in [7, 11) is 0. The molecule has 1 aliphatic heterocycles. The van der Waals surface area contributed by atoms with Gasteiger partial charge in [0.15, 0.2) is 0 Å². The van der Waals surface area contributed by atoms with Gasteiger partial charge in [-0.05, 0) is 24.1 Å². The van der Waals surface area contributed by atoms with E-state index in [0.717, 1.165) is 27.4 Å². The van der Waals surface area contributed by atoms with Crippen molar-refractivity contribution in [2.45, 2.75) is 26.1 Å². The number of carbonyl (C=O) groups is 1. The molecule has 0 radical (unpaired) electrons. The number of carboxylic acid groups (broad SMARTS) is 1. The van der Waals surface area contributed by atoms with Crippen molar-refractivity contribution in [1.82, 2.24) is 9.88 Å². The molecule has 116 valence electrons. The summed E-state index contributed by atoms with van der Waals surface area (Å²) < 4.78 is 6.85. The molecule has 1 N–H and O–H groups in total. The summed E-state index contributed by atoms with van der Waals surface area (Å²) in [6.45, 7) is 3.45. The van der Waals surface area contributed by atoms with Crippen molar-refractivity contribution < 1.29 is 14.6 Å². The molecule has 1 aromatic carbocycles. The second-order valence-corrected chi connectivity index (χ2v) is 6.27. The molecule has 0 bridgehead atoms. The quantitative estimate of drug-likeness (QED) is 0.902. The number of aryl methyl sites for hydroxylation is 1. The van der Waals surface area contributed by atoms with Gasteiger partial charge in [-0.3, -0.25) is 4.98 Å². The second-order valence-electron chi connectivity index (χ2n) is 5.42. The van der Waals surface area contributed by atoms with E-state index in [0.29, 0.717) is 19.7 Å². The predicted molar refractivity (Wildman–Crippen MR) is 87.0 cm³/mol. The average Bonchev–Trinajstić information content (AvgIpc) is 2.45. The van der Waals surface area contributed by atoms with Crippen LogP contribution in [0.2, 0.25) is 0 Å². The van der Waals surface area contributed by atoms with Gasteiger partial charge in [0.25, 0.3) is 0 Å². The van der Waals surface area contributed by atoms with E-state index in [4.69, 9.17) is 9.84 Å². The molecule has 1 amide bonds. The number of pyridine rings is 1. The lowest BCUT2D eigenvalue weighted by Gasteiger charge is -2.36. The number of hydrogen-bond donors (Lipinski definition) is 1. The molecule has 2 heterocycles. The van der Waals surface area contributed by atoms with Gasteiger partial charge in [0, 0.05) is 21.6 Å². The summed E-state index contributed by atoms with van der Waals surface area (Å²) in [5, 5.41) is 9.92. The Morgan fingerprint density at radius 3 is 2.95 bits per heavy atom. The average molecular weight is 365 g/mol. The van der Waals surface area contributed by atoms with Crippen LogP contribution in [-0.4, -0.2) is 40.3 Å². The minimum absolute atomic E-state index is 0.0245. The van der Waals surface area contributed by atoms with Crippen LogP contribution in [0.4, 0.5) is 4.79 Å². The molecule has 1 saturated heterocycles. The van der Waals surface area contributed by atoms with Crippen LogP contribution in [0.25, 0.3) is 10.9 Å². The first-order valence-electron chi connectivity index (χ1n) is 7.24. The fourth-order valence-electron chi connectivity index (χ4n) is 2.58. The van der Waals surface area contributed by atoms with E-state index < -0.39 is 6.09 Å². The van der Waals surface area contributed by atoms with Crippen LogP contribution in [0.15, 0.2) is 28.9 Å². The van der Waals surface area contributed by atoms with Gasteiger partial charge in [-0.2, -0.15) is 0 Å². The zero-order valence-corrected chi connectivity index (χ0v) is 13.8. The van der Waals surface area contributed by atoms with Gasteiger partial charge >= 0.3 is 6.09 Å². The minimum Gasteiger partial charge on any atom is -0.465 e. The Balaban J connectivity index is 1.78. The number of halogens is 1. The molecule has 1 fully saturated rings. The normalized spacial score (nSPS) is 15.1. The smallest absolute Gasteiger partial charge is 0.407 e. The number of fused-ring (bicyclic) bond motifs is 1. The summed E-state index contributed by atoms with van der Waals surface area (Å²) in [5.41, 5.74) is 3.21. The maximum Gasteiger partial charge on any atom is 0.407 e. The molecular formula is C16H17BrN2O3. The van der Waals surface area contributed by atoms with Crippen molar-refractivity contribution >= 4 is 32.9 Å². The van der Waals surface area contributed by atoms with Crippen LogP contribution in [0.5, 0.6) is 0 Å². The fourth-order valence-corrected chi connectivity index (χ4v) is 3.00. The zero-order chi connectivity index (χ0) is 15.7. The molecule has 3 rings (SSSR count). The maximum atomic E-state index is 10.8. The van der Waals surface area contributed by atoms with Crippen LogP contribution >= 0.6 is 15.9 Å². The molecule has 1 aliphatic rings. The van der Waals surface area contributed by atoms with Gasteiger partial charge in [0.1, 0.15) is 0 Å². The van der Waals surface area contributed by atoms with E-state index in [1.165, 1.54) is 10.5 Å². The molecule has 2 aromatic rings. The SMILES string of the molecule is CCc1cc(COC2CN(C(=O)O)C2)c2nccc(Br)c2c1. The lowest BCUT2D eigenvalue weighted by Crippen LogP contribution is -2.54. The molecule has 0 saturated carbocycles. The first-order chi connectivity index (χ1) is 10.6. The molecule has 22 heavy (non-hydrogen) atoms. The van der Waals surface area contributed by atoms with Gasteiger partial charge in [0.2, 0.25) is 0 Å². The Bertz CT molecular complexity index is 714. The predicted octanol–water partition coefficient (Wildman–Crippen LogP) is 3.44. The summed E-state index contributed by atoms with van der Waals surface area (Å²) >= 11 is 3.57. The Kier molecular flexibility index (Phi) is 4.31. The van der Waals surface area contributed by atoms with Crippen molar-refractivity contribution in [3.8, 4) is 0 Å². The van der Waals surface area contributed by atoms with Gasteiger partial charge < -0.3 is 14.7 Å². The van der Waals surface area contributed by atoms with Gasteiger partial charge in [-0.15, -0.1) is 0 Å².